The molecule has 0 heterocycles. The molecule has 116 valence electrons. The maximum Gasteiger partial charge on any atom is 0.326 e. The Morgan fingerprint density at radius 3 is 2.67 bits per heavy atom. The zero-order valence-corrected chi connectivity index (χ0v) is 13.3. The van der Waals surface area contributed by atoms with Crippen LogP contribution >= 0.6 is 11.8 Å². The summed E-state index contributed by atoms with van der Waals surface area (Å²) in [6.07, 6.45) is 0.276. The van der Waals surface area contributed by atoms with Crippen molar-refractivity contribution in [2.45, 2.75) is 31.2 Å². The summed E-state index contributed by atoms with van der Waals surface area (Å²) in [4.78, 5) is 23.8. The third-order valence-electron chi connectivity index (χ3n) is 2.89. The van der Waals surface area contributed by atoms with E-state index in [2.05, 4.69) is 5.32 Å². The van der Waals surface area contributed by atoms with Crippen LogP contribution in [0, 0.1) is 5.92 Å². The Labute approximate surface area is 129 Å². The van der Waals surface area contributed by atoms with Crippen LogP contribution in [0.2, 0.25) is 0 Å². The van der Waals surface area contributed by atoms with Crippen LogP contribution in [0.4, 0.5) is 0 Å². The van der Waals surface area contributed by atoms with Crippen LogP contribution in [0.1, 0.15) is 20.3 Å². The molecule has 1 aromatic carbocycles. The largest absolute Gasteiger partial charge is 0.497 e. The van der Waals surface area contributed by atoms with E-state index in [0.717, 1.165) is 10.6 Å². The summed E-state index contributed by atoms with van der Waals surface area (Å²) in [5.41, 5.74) is 0. The van der Waals surface area contributed by atoms with Crippen LogP contribution in [0.25, 0.3) is 0 Å². The fraction of sp³-hybridized carbons (Fsp3) is 0.467. The third-order valence-corrected chi connectivity index (χ3v) is 3.88. The number of carboxylic acids is 1. The van der Waals surface area contributed by atoms with Gasteiger partial charge in [0, 0.05) is 17.1 Å². The minimum atomic E-state index is -1.00. The van der Waals surface area contributed by atoms with Crippen LogP contribution < -0.4 is 10.1 Å². The maximum atomic E-state index is 11.8. The molecule has 1 amide bonds. The Balaban J connectivity index is 2.41. The zero-order valence-electron chi connectivity index (χ0n) is 12.5. The second kappa shape index (κ2) is 8.56. The monoisotopic (exact) mass is 311 g/mol. The number of hydrogen-bond acceptors (Lipinski definition) is 4. The lowest BCUT2D eigenvalue weighted by Crippen LogP contribution is -2.44. The first-order valence-corrected chi connectivity index (χ1v) is 7.71. The van der Waals surface area contributed by atoms with Crippen LogP contribution in [0.5, 0.6) is 5.75 Å². The number of thioether (sulfide) groups is 1. The van der Waals surface area contributed by atoms with Crippen LogP contribution in [-0.2, 0) is 9.59 Å². The molecule has 0 aliphatic carbocycles. The van der Waals surface area contributed by atoms with E-state index >= 15 is 0 Å². The van der Waals surface area contributed by atoms with Crippen molar-refractivity contribution < 1.29 is 19.4 Å². The highest BCUT2D eigenvalue weighted by atomic mass is 32.2. The van der Waals surface area contributed by atoms with Crippen molar-refractivity contribution in [1.82, 2.24) is 5.32 Å². The van der Waals surface area contributed by atoms with Crippen LogP contribution in [-0.4, -0.2) is 35.9 Å². The molecular weight excluding hydrogens is 290 g/mol. The van der Waals surface area contributed by atoms with E-state index in [9.17, 15) is 9.59 Å². The minimum absolute atomic E-state index is 0.141. The van der Waals surface area contributed by atoms with Crippen molar-refractivity contribution in [1.29, 1.82) is 0 Å². The molecule has 5 nitrogen and oxygen atoms in total. The Morgan fingerprint density at radius 2 is 2.10 bits per heavy atom. The van der Waals surface area contributed by atoms with Gasteiger partial charge in [0.05, 0.1) is 7.11 Å². The molecule has 0 fully saturated rings. The van der Waals surface area contributed by atoms with E-state index in [0.29, 0.717) is 5.75 Å². The quantitative estimate of drug-likeness (QED) is 0.721. The molecule has 0 radical (unpaired) electrons. The van der Waals surface area contributed by atoms with Crippen molar-refractivity contribution >= 4 is 23.6 Å². The van der Waals surface area contributed by atoms with E-state index in [1.165, 1.54) is 11.8 Å². The van der Waals surface area contributed by atoms with E-state index in [-0.39, 0.29) is 18.2 Å². The molecule has 0 saturated carbocycles. The smallest absolute Gasteiger partial charge is 0.326 e. The number of carbonyl (C=O) groups is 2. The van der Waals surface area contributed by atoms with Crippen LogP contribution in [0.15, 0.2) is 29.2 Å². The van der Waals surface area contributed by atoms with Crippen molar-refractivity contribution in [3.8, 4) is 5.75 Å². The number of rotatable bonds is 8. The summed E-state index contributed by atoms with van der Waals surface area (Å²) >= 11 is 1.53. The Morgan fingerprint density at radius 1 is 1.38 bits per heavy atom. The second-order valence-electron chi connectivity index (χ2n) is 4.90. The van der Waals surface area contributed by atoms with Gasteiger partial charge in [0.2, 0.25) is 5.91 Å². The molecule has 0 saturated heterocycles. The van der Waals surface area contributed by atoms with E-state index < -0.39 is 12.0 Å². The van der Waals surface area contributed by atoms with Crippen molar-refractivity contribution in [3.63, 3.8) is 0 Å². The predicted molar refractivity (Wildman–Crippen MR) is 82.7 cm³/mol. The standard InChI is InChI=1S/C15H21NO4S/c1-10(2)14(15(18)19)16-13(17)7-8-21-12-6-4-5-11(9-12)20-3/h4-6,9-10,14H,7-8H2,1-3H3,(H,16,17)(H,18,19). The number of benzene rings is 1. The number of methoxy groups -OCH3 is 1. The normalized spacial score (nSPS) is 12.0. The van der Waals surface area contributed by atoms with Gasteiger partial charge in [-0.1, -0.05) is 19.9 Å². The minimum Gasteiger partial charge on any atom is -0.497 e. The second-order valence-corrected chi connectivity index (χ2v) is 6.07. The molecule has 0 spiro atoms. The highest BCUT2D eigenvalue weighted by Gasteiger charge is 2.22. The Bertz CT molecular complexity index is 490. The van der Waals surface area contributed by atoms with Gasteiger partial charge in [0.25, 0.3) is 0 Å². The number of hydrogen-bond donors (Lipinski definition) is 2. The predicted octanol–water partition coefficient (Wildman–Crippen LogP) is 2.40. The summed E-state index contributed by atoms with van der Waals surface area (Å²) in [5.74, 6) is -0.0262. The molecule has 0 aliphatic rings. The number of carbonyl (C=O) groups excluding carboxylic acids is 1. The summed E-state index contributed by atoms with van der Waals surface area (Å²) in [7, 11) is 1.61. The Kier molecular flexibility index (Phi) is 7.08. The van der Waals surface area contributed by atoms with Gasteiger partial charge in [-0.3, -0.25) is 4.79 Å². The summed E-state index contributed by atoms with van der Waals surface area (Å²) in [6.45, 7) is 3.54. The van der Waals surface area contributed by atoms with Crippen molar-refractivity contribution in [2.24, 2.45) is 5.92 Å². The number of amides is 1. The molecule has 0 bridgehead atoms. The number of nitrogens with one attached hydrogen (secondary N) is 1. The van der Waals surface area contributed by atoms with E-state index in [1.54, 1.807) is 21.0 Å². The summed E-state index contributed by atoms with van der Waals surface area (Å²) in [5, 5.41) is 11.6. The lowest BCUT2D eigenvalue weighted by molar-refractivity contribution is -0.143. The number of aliphatic carboxylic acids is 1. The molecule has 21 heavy (non-hydrogen) atoms. The Hall–Kier alpha value is -1.69. The highest BCUT2D eigenvalue weighted by Crippen LogP contribution is 2.23. The molecule has 1 unspecified atom stereocenters. The third kappa shape index (κ3) is 6.08. The highest BCUT2D eigenvalue weighted by molar-refractivity contribution is 7.99. The summed E-state index contributed by atoms with van der Waals surface area (Å²) in [6, 6.07) is 6.76. The average molecular weight is 311 g/mol. The van der Waals surface area contributed by atoms with E-state index in [4.69, 9.17) is 9.84 Å². The van der Waals surface area contributed by atoms with Crippen molar-refractivity contribution in [3.05, 3.63) is 24.3 Å². The van der Waals surface area contributed by atoms with Gasteiger partial charge in [-0.05, 0) is 24.1 Å². The molecular formula is C15H21NO4S. The number of carboxylic acid groups (broad SMARTS) is 1. The molecule has 6 heteroatoms. The fourth-order valence-electron chi connectivity index (χ4n) is 1.71. The zero-order chi connectivity index (χ0) is 15.8. The van der Waals surface area contributed by atoms with Gasteiger partial charge < -0.3 is 15.2 Å². The van der Waals surface area contributed by atoms with Gasteiger partial charge in [-0.25, -0.2) is 4.79 Å². The first kappa shape index (κ1) is 17.4. The van der Waals surface area contributed by atoms with Gasteiger partial charge in [0.15, 0.2) is 0 Å². The lowest BCUT2D eigenvalue weighted by atomic mass is 10.0. The van der Waals surface area contributed by atoms with Gasteiger partial charge in [-0.15, -0.1) is 11.8 Å². The molecule has 0 aromatic heterocycles. The topological polar surface area (TPSA) is 75.6 Å². The molecule has 1 aromatic rings. The fourth-order valence-corrected chi connectivity index (χ4v) is 2.61. The average Bonchev–Trinajstić information content (AvgIpc) is 2.44. The molecule has 1 atom stereocenters. The number of ether oxygens (including phenoxy) is 1. The van der Waals surface area contributed by atoms with Gasteiger partial charge >= 0.3 is 5.97 Å². The first-order chi connectivity index (χ1) is 9.93. The molecule has 0 aliphatic heterocycles. The lowest BCUT2D eigenvalue weighted by Gasteiger charge is -2.17. The maximum absolute atomic E-state index is 11.8. The molecule has 1 rings (SSSR count). The van der Waals surface area contributed by atoms with Gasteiger partial charge in [-0.2, -0.15) is 0 Å². The van der Waals surface area contributed by atoms with Crippen LogP contribution in [0.3, 0.4) is 0 Å². The SMILES string of the molecule is COc1cccc(SCCC(=O)NC(C(=O)O)C(C)C)c1. The van der Waals surface area contributed by atoms with Crippen molar-refractivity contribution in [2.75, 3.05) is 12.9 Å². The van der Waals surface area contributed by atoms with Gasteiger partial charge in [0.1, 0.15) is 11.8 Å². The first-order valence-electron chi connectivity index (χ1n) is 6.73. The molecule has 2 N–H and O–H groups in total. The summed E-state index contributed by atoms with van der Waals surface area (Å²) < 4.78 is 5.13. The van der Waals surface area contributed by atoms with E-state index in [1.807, 2.05) is 24.3 Å².